The first-order chi connectivity index (χ1) is 9.06. The first-order valence-electron chi connectivity index (χ1n) is 5.71. The normalized spacial score (nSPS) is 10.2. The lowest BCUT2D eigenvalue weighted by molar-refractivity contribution is 0.626. The zero-order valence-corrected chi connectivity index (χ0v) is 11.5. The van der Waals surface area contributed by atoms with Gasteiger partial charge in [-0.3, -0.25) is 0 Å². The van der Waals surface area contributed by atoms with Gasteiger partial charge in [-0.15, -0.1) is 0 Å². The Morgan fingerprint density at radius 3 is 2.47 bits per heavy atom. The van der Waals surface area contributed by atoms with Crippen LogP contribution in [-0.4, -0.2) is 9.97 Å². The average Bonchev–Trinajstić information content (AvgIpc) is 2.34. The van der Waals surface area contributed by atoms with E-state index in [2.05, 4.69) is 9.97 Å². The van der Waals surface area contributed by atoms with E-state index in [0.717, 1.165) is 17.0 Å². The van der Waals surface area contributed by atoms with Gasteiger partial charge in [-0.05, 0) is 43.7 Å². The Labute approximate surface area is 115 Å². The van der Waals surface area contributed by atoms with E-state index in [1.54, 1.807) is 6.07 Å². The number of hydrogen-bond acceptors (Lipinski definition) is 4. The molecule has 0 N–H and O–H groups in total. The molecule has 1 aromatic carbocycles. The van der Waals surface area contributed by atoms with Gasteiger partial charge in [-0.25, -0.2) is 14.4 Å². The van der Waals surface area contributed by atoms with Gasteiger partial charge in [0.2, 0.25) is 0 Å². The maximum atomic E-state index is 13.3. The third kappa shape index (κ3) is 3.76. The lowest BCUT2D eigenvalue weighted by Crippen LogP contribution is -1.94. The van der Waals surface area contributed by atoms with Gasteiger partial charge in [0.15, 0.2) is 5.16 Å². The smallest absolute Gasteiger partial charge is 0.188 e. The lowest BCUT2D eigenvalue weighted by atomic mass is 10.1. The number of hydrogen-bond donors (Lipinski definition) is 0. The summed E-state index contributed by atoms with van der Waals surface area (Å²) in [5, 5.41) is 9.46. The van der Waals surface area contributed by atoms with Gasteiger partial charge in [0.25, 0.3) is 0 Å². The fraction of sp³-hybridized carbons (Fsp3) is 0.214. The highest BCUT2D eigenvalue weighted by atomic mass is 32.2. The van der Waals surface area contributed by atoms with Gasteiger partial charge in [0.1, 0.15) is 5.82 Å². The van der Waals surface area contributed by atoms with Gasteiger partial charge >= 0.3 is 0 Å². The Balaban J connectivity index is 2.14. The molecule has 0 radical (unpaired) electrons. The zero-order chi connectivity index (χ0) is 13.8. The van der Waals surface area contributed by atoms with Crippen LogP contribution < -0.4 is 0 Å². The second kappa shape index (κ2) is 5.81. The molecule has 0 aliphatic heterocycles. The molecule has 0 amide bonds. The van der Waals surface area contributed by atoms with Crippen molar-refractivity contribution in [1.29, 1.82) is 5.26 Å². The zero-order valence-electron chi connectivity index (χ0n) is 10.6. The Morgan fingerprint density at radius 1 is 1.16 bits per heavy atom. The number of aryl methyl sites for hydroxylation is 2. The van der Waals surface area contributed by atoms with Crippen molar-refractivity contribution in [3.8, 4) is 6.07 Å². The largest absolute Gasteiger partial charge is 0.228 e. The molecule has 0 atom stereocenters. The number of rotatable bonds is 3. The second-order valence-electron chi connectivity index (χ2n) is 4.18. The number of aromatic nitrogens is 2. The van der Waals surface area contributed by atoms with Crippen molar-refractivity contribution in [3.63, 3.8) is 0 Å². The van der Waals surface area contributed by atoms with Crippen molar-refractivity contribution in [3.05, 3.63) is 52.6 Å². The summed E-state index contributed by atoms with van der Waals surface area (Å²) in [6, 6.07) is 8.18. The summed E-state index contributed by atoms with van der Waals surface area (Å²) >= 11 is 1.43. The molecule has 0 saturated carbocycles. The molecule has 0 unspecified atom stereocenters. The highest BCUT2D eigenvalue weighted by Gasteiger charge is 2.04. The summed E-state index contributed by atoms with van der Waals surface area (Å²) in [5.74, 6) is 0.144. The molecule has 5 heteroatoms. The van der Waals surface area contributed by atoms with Crippen molar-refractivity contribution in [1.82, 2.24) is 9.97 Å². The van der Waals surface area contributed by atoms with Crippen LogP contribution in [0.2, 0.25) is 0 Å². The van der Waals surface area contributed by atoms with Crippen molar-refractivity contribution >= 4 is 11.8 Å². The van der Waals surface area contributed by atoms with E-state index in [9.17, 15) is 4.39 Å². The lowest BCUT2D eigenvalue weighted by Gasteiger charge is -2.04. The molecule has 0 aliphatic rings. The van der Waals surface area contributed by atoms with Crippen molar-refractivity contribution in [2.75, 3.05) is 0 Å². The monoisotopic (exact) mass is 273 g/mol. The van der Waals surface area contributed by atoms with Crippen molar-refractivity contribution < 1.29 is 4.39 Å². The maximum Gasteiger partial charge on any atom is 0.188 e. The summed E-state index contributed by atoms with van der Waals surface area (Å²) in [5.41, 5.74) is 2.90. The molecule has 2 aromatic rings. The van der Waals surface area contributed by atoms with Gasteiger partial charge in [0.05, 0.1) is 11.6 Å². The van der Waals surface area contributed by atoms with Crippen LogP contribution in [0.1, 0.15) is 22.5 Å². The molecule has 0 fully saturated rings. The average molecular weight is 273 g/mol. The highest BCUT2D eigenvalue weighted by molar-refractivity contribution is 7.98. The minimum Gasteiger partial charge on any atom is -0.228 e. The molecule has 1 heterocycles. The van der Waals surface area contributed by atoms with E-state index in [0.29, 0.717) is 16.5 Å². The van der Waals surface area contributed by atoms with E-state index in [1.165, 1.54) is 23.9 Å². The predicted octanol–water partition coefficient (Wildman–Crippen LogP) is 3.40. The summed E-state index contributed by atoms with van der Waals surface area (Å²) in [7, 11) is 0. The number of halogens is 1. The van der Waals surface area contributed by atoms with Crippen molar-refractivity contribution in [2.45, 2.75) is 24.8 Å². The number of nitriles is 1. The first-order valence-corrected chi connectivity index (χ1v) is 6.70. The SMILES string of the molecule is Cc1cc(C)nc(SCc2cc(F)cc(C#N)c2)n1. The van der Waals surface area contributed by atoms with Crippen LogP contribution in [0.5, 0.6) is 0 Å². The van der Waals surface area contributed by atoms with Crippen molar-refractivity contribution in [2.24, 2.45) is 0 Å². The third-order valence-corrected chi connectivity index (χ3v) is 3.33. The quantitative estimate of drug-likeness (QED) is 0.635. The topological polar surface area (TPSA) is 49.6 Å². The Bertz CT molecular complexity index is 629. The molecular formula is C14H12FN3S. The van der Waals surface area contributed by atoms with E-state index in [4.69, 9.17) is 5.26 Å². The molecular weight excluding hydrogens is 261 g/mol. The van der Waals surface area contributed by atoms with E-state index >= 15 is 0 Å². The standard InChI is InChI=1S/C14H12FN3S/c1-9-3-10(2)18-14(17-9)19-8-12-4-11(7-16)5-13(15)6-12/h3-6H,8H2,1-2H3. The van der Waals surface area contributed by atoms with Crippen LogP contribution >= 0.6 is 11.8 Å². The van der Waals surface area contributed by atoms with Crippen LogP contribution in [0.15, 0.2) is 29.4 Å². The van der Waals surface area contributed by atoms with Crippen LogP contribution in [0.25, 0.3) is 0 Å². The summed E-state index contributed by atoms with van der Waals surface area (Å²) < 4.78 is 13.3. The maximum absolute atomic E-state index is 13.3. The van der Waals surface area contributed by atoms with Gasteiger partial charge in [0, 0.05) is 17.1 Å². The summed E-state index contributed by atoms with van der Waals surface area (Å²) in [4.78, 5) is 8.61. The van der Waals surface area contributed by atoms with E-state index in [-0.39, 0.29) is 0 Å². The van der Waals surface area contributed by atoms with Gasteiger partial charge in [-0.1, -0.05) is 11.8 Å². The van der Waals surface area contributed by atoms with Crippen LogP contribution in [0, 0.1) is 31.0 Å². The summed E-state index contributed by atoms with van der Waals surface area (Å²) in [6.07, 6.45) is 0. The minimum atomic E-state index is -0.393. The Kier molecular flexibility index (Phi) is 4.13. The minimum absolute atomic E-state index is 0.331. The Morgan fingerprint density at radius 2 is 1.84 bits per heavy atom. The Hall–Kier alpha value is -1.93. The molecule has 0 bridgehead atoms. The van der Waals surface area contributed by atoms with E-state index < -0.39 is 5.82 Å². The van der Waals surface area contributed by atoms with Gasteiger partial charge < -0.3 is 0 Å². The fourth-order valence-electron chi connectivity index (χ4n) is 1.70. The highest BCUT2D eigenvalue weighted by Crippen LogP contribution is 2.21. The second-order valence-corrected chi connectivity index (χ2v) is 5.12. The first kappa shape index (κ1) is 13.5. The summed E-state index contributed by atoms with van der Waals surface area (Å²) in [6.45, 7) is 3.82. The number of benzene rings is 1. The molecule has 0 saturated heterocycles. The number of thioether (sulfide) groups is 1. The van der Waals surface area contributed by atoms with Crippen LogP contribution in [-0.2, 0) is 5.75 Å². The van der Waals surface area contributed by atoms with Crippen LogP contribution in [0.3, 0.4) is 0 Å². The van der Waals surface area contributed by atoms with Crippen LogP contribution in [0.4, 0.5) is 4.39 Å². The predicted molar refractivity (Wildman–Crippen MR) is 72.2 cm³/mol. The molecule has 0 spiro atoms. The molecule has 3 nitrogen and oxygen atoms in total. The van der Waals surface area contributed by atoms with Gasteiger partial charge in [-0.2, -0.15) is 5.26 Å². The molecule has 19 heavy (non-hydrogen) atoms. The third-order valence-electron chi connectivity index (χ3n) is 2.42. The van der Waals surface area contributed by atoms with E-state index in [1.807, 2.05) is 26.0 Å². The molecule has 96 valence electrons. The fourth-order valence-corrected chi connectivity index (χ4v) is 2.58. The molecule has 0 aliphatic carbocycles. The number of nitrogens with zero attached hydrogens (tertiary/aromatic N) is 3. The molecule has 1 aromatic heterocycles. The molecule has 2 rings (SSSR count).